The fourth-order valence-electron chi connectivity index (χ4n) is 1.83. The molecule has 0 spiro atoms. The molecule has 0 amide bonds. The maximum atomic E-state index is 11.1. The van der Waals surface area contributed by atoms with Crippen molar-refractivity contribution in [3.05, 3.63) is 48.6 Å². The van der Waals surface area contributed by atoms with E-state index in [2.05, 4.69) is 11.6 Å². The van der Waals surface area contributed by atoms with Gasteiger partial charge in [0, 0.05) is 19.0 Å². The number of carboxylic acid groups (broad SMARTS) is 1. The number of nitrogens with zero attached hydrogens (tertiary/aromatic N) is 2. The molecule has 2 rings (SSSR count). The molecule has 0 aliphatic rings. The number of aromatic nitrogens is 1. The minimum atomic E-state index is -0.936. The number of anilines is 1. The van der Waals surface area contributed by atoms with Crippen molar-refractivity contribution in [3.63, 3.8) is 0 Å². The molecule has 0 saturated heterocycles. The van der Waals surface area contributed by atoms with E-state index < -0.39 is 5.97 Å². The van der Waals surface area contributed by atoms with E-state index in [1.54, 1.807) is 24.3 Å². The maximum Gasteiger partial charge on any atom is 0.336 e. The molecule has 0 saturated carbocycles. The van der Waals surface area contributed by atoms with Crippen LogP contribution >= 0.6 is 0 Å². The second-order valence-corrected chi connectivity index (χ2v) is 4.02. The molecular weight excluding hydrogens is 228 g/mol. The first kappa shape index (κ1) is 12.1. The molecule has 0 unspecified atom stereocenters. The fourth-order valence-corrected chi connectivity index (χ4v) is 1.83. The lowest BCUT2D eigenvalue weighted by Gasteiger charge is -2.16. The normalized spacial score (nSPS) is 10.3. The molecule has 1 aromatic heterocycles. The van der Waals surface area contributed by atoms with Gasteiger partial charge in [-0.3, -0.25) is 0 Å². The summed E-state index contributed by atoms with van der Waals surface area (Å²) in [7, 11) is 1.91. The van der Waals surface area contributed by atoms with Crippen LogP contribution in [0, 0.1) is 0 Å². The quantitative estimate of drug-likeness (QED) is 0.837. The van der Waals surface area contributed by atoms with Gasteiger partial charge < -0.3 is 10.0 Å². The van der Waals surface area contributed by atoms with E-state index >= 15 is 0 Å². The Bertz CT molecular complexity index is 608. The van der Waals surface area contributed by atoms with Crippen LogP contribution in [0.1, 0.15) is 10.4 Å². The monoisotopic (exact) mass is 242 g/mol. The predicted octanol–water partition coefficient (Wildman–Crippen LogP) is 2.56. The molecular formula is C14H14N2O2. The first-order valence-electron chi connectivity index (χ1n) is 5.58. The molecule has 1 aromatic carbocycles. The molecule has 0 aliphatic carbocycles. The first-order valence-corrected chi connectivity index (χ1v) is 5.58. The van der Waals surface area contributed by atoms with Gasteiger partial charge in [0.2, 0.25) is 0 Å². The van der Waals surface area contributed by atoms with Gasteiger partial charge in [-0.15, -0.1) is 6.58 Å². The summed E-state index contributed by atoms with van der Waals surface area (Å²) < 4.78 is 0. The van der Waals surface area contributed by atoms with Crippen molar-refractivity contribution in [2.75, 3.05) is 18.5 Å². The van der Waals surface area contributed by atoms with Crippen molar-refractivity contribution in [1.82, 2.24) is 4.98 Å². The van der Waals surface area contributed by atoms with Gasteiger partial charge in [0.25, 0.3) is 0 Å². The maximum absolute atomic E-state index is 11.1. The van der Waals surface area contributed by atoms with Gasteiger partial charge in [-0.25, -0.2) is 9.78 Å². The second kappa shape index (κ2) is 4.87. The Morgan fingerprint density at radius 3 is 2.89 bits per heavy atom. The van der Waals surface area contributed by atoms with Crippen LogP contribution in [-0.4, -0.2) is 29.7 Å². The van der Waals surface area contributed by atoms with Crippen LogP contribution in [0.5, 0.6) is 0 Å². The van der Waals surface area contributed by atoms with E-state index in [0.717, 1.165) is 5.82 Å². The minimum Gasteiger partial charge on any atom is -0.478 e. The van der Waals surface area contributed by atoms with Gasteiger partial charge in [-0.05, 0) is 24.3 Å². The first-order chi connectivity index (χ1) is 8.63. The zero-order valence-electron chi connectivity index (χ0n) is 10.1. The molecule has 0 fully saturated rings. The van der Waals surface area contributed by atoms with E-state index in [9.17, 15) is 4.79 Å². The Hall–Kier alpha value is -2.36. The van der Waals surface area contributed by atoms with Gasteiger partial charge in [0.15, 0.2) is 0 Å². The van der Waals surface area contributed by atoms with Crippen LogP contribution in [0.4, 0.5) is 5.82 Å². The number of benzene rings is 1. The lowest BCUT2D eigenvalue weighted by atomic mass is 10.1. The molecule has 1 N–H and O–H groups in total. The van der Waals surface area contributed by atoms with Crippen molar-refractivity contribution in [3.8, 4) is 0 Å². The molecule has 0 atom stereocenters. The summed E-state index contributed by atoms with van der Waals surface area (Å²) in [5.74, 6) is -0.139. The fraction of sp³-hybridized carbons (Fsp3) is 0.143. The van der Waals surface area contributed by atoms with Crippen LogP contribution in [0.3, 0.4) is 0 Å². The highest BCUT2D eigenvalue weighted by Gasteiger charge is 2.09. The van der Waals surface area contributed by atoms with Crippen molar-refractivity contribution >= 4 is 22.7 Å². The summed E-state index contributed by atoms with van der Waals surface area (Å²) in [4.78, 5) is 17.5. The minimum absolute atomic E-state index is 0.276. The summed E-state index contributed by atoms with van der Waals surface area (Å²) in [6.45, 7) is 4.37. The third-order valence-corrected chi connectivity index (χ3v) is 2.74. The van der Waals surface area contributed by atoms with Crippen LogP contribution < -0.4 is 4.90 Å². The highest BCUT2D eigenvalue weighted by molar-refractivity contribution is 6.02. The third-order valence-electron chi connectivity index (χ3n) is 2.74. The number of carboxylic acids is 1. The molecule has 0 aliphatic heterocycles. The molecule has 0 bridgehead atoms. The third kappa shape index (κ3) is 2.18. The molecule has 2 aromatic rings. The van der Waals surface area contributed by atoms with Gasteiger partial charge in [-0.1, -0.05) is 12.1 Å². The van der Waals surface area contributed by atoms with Crippen LogP contribution in [-0.2, 0) is 0 Å². The Balaban J connectivity index is 2.53. The summed E-state index contributed by atoms with van der Waals surface area (Å²) in [5, 5.41) is 9.75. The average Bonchev–Trinajstić information content (AvgIpc) is 2.37. The molecule has 4 heteroatoms. The summed E-state index contributed by atoms with van der Waals surface area (Å²) in [5.41, 5.74) is 0.959. The number of rotatable bonds is 4. The number of hydrogen-bond acceptors (Lipinski definition) is 3. The summed E-state index contributed by atoms with van der Waals surface area (Å²) >= 11 is 0. The lowest BCUT2D eigenvalue weighted by Crippen LogP contribution is -2.17. The summed E-state index contributed by atoms with van der Waals surface area (Å²) in [6.07, 6.45) is 1.79. The lowest BCUT2D eigenvalue weighted by molar-refractivity contribution is 0.0699. The molecule has 92 valence electrons. The SMILES string of the molecule is C=CCN(C)c1ccc2c(C(=O)O)cccc2n1. The van der Waals surface area contributed by atoms with Crippen LogP contribution in [0.15, 0.2) is 43.0 Å². The largest absolute Gasteiger partial charge is 0.478 e. The van der Waals surface area contributed by atoms with Crippen molar-refractivity contribution < 1.29 is 9.90 Å². The topological polar surface area (TPSA) is 53.4 Å². The number of pyridine rings is 1. The Morgan fingerprint density at radius 1 is 1.44 bits per heavy atom. The molecule has 18 heavy (non-hydrogen) atoms. The Labute approximate surface area is 105 Å². The molecule has 0 radical (unpaired) electrons. The van der Waals surface area contributed by atoms with E-state index in [1.165, 1.54) is 0 Å². The van der Waals surface area contributed by atoms with Gasteiger partial charge in [-0.2, -0.15) is 0 Å². The van der Waals surface area contributed by atoms with E-state index in [1.807, 2.05) is 24.1 Å². The van der Waals surface area contributed by atoms with Gasteiger partial charge in [0.05, 0.1) is 11.1 Å². The summed E-state index contributed by atoms with van der Waals surface area (Å²) in [6, 6.07) is 8.71. The molecule has 1 heterocycles. The number of likely N-dealkylation sites (N-methyl/N-ethyl adjacent to an activating group) is 1. The highest BCUT2D eigenvalue weighted by atomic mass is 16.4. The van der Waals surface area contributed by atoms with E-state index in [-0.39, 0.29) is 5.56 Å². The van der Waals surface area contributed by atoms with Gasteiger partial charge >= 0.3 is 5.97 Å². The molecule has 4 nitrogen and oxygen atoms in total. The highest BCUT2D eigenvalue weighted by Crippen LogP contribution is 2.20. The van der Waals surface area contributed by atoms with Crippen molar-refractivity contribution in [2.24, 2.45) is 0 Å². The predicted molar refractivity (Wildman–Crippen MR) is 72.2 cm³/mol. The standard InChI is InChI=1S/C14H14N2O2/c1-3-9-16(2)13-8-7-10-11(14(17)18)5-4-6-12(10)15-13/h3-8H,1,9H2,2H3,(H,17,18). The number of aromatic carboxylic acids is 1. The smallest absolute Gasteiger partial charge is 0.336 e. The van der Waals surface area contributed by atoms with Crippen molar-refractivity contribution in [1.29, 1.82) is 0 Å². The van der Waals surface area contributed by atoms with Crippen LogP contribution in [0.2, 0.25) is 0 Å². The number of fused-ring (bicyclic) bond motifs is 1. The van der Waals surface area contributed by atoms with Crippen LogP contribution in [0.25, 0.3) is 10.9 Å². The van der Waals surface area contributed by atoms with Gasteiger partial charge in [0.1, 0.15) is 5.82 Å². The Kier molecular flexibility index (Phi) is 3.28. The zero-order valence-corrected chi connectivity index (χ0v) is 10.1. The second-order valence-electron chi connectivity index (χ2n) is 4.02. The number of carbonyl (C=O) groups is 1. The average molecular weight is 242 g/mol. The number of hydrogen-bond donors (Lipinski definition) is 1. The van der Waals surface area contributed by atoms with E-state index in [0.29, 0.717) is 17.4 Å². The van der Waals surface area contributed by atoms with Crippen molar-refractivity contribution in [2.45, 2.75) is 0 Å². The van der Waals surface area contributed by atoms with E-state index in [4.69, 9.17) is 5.11 Å². The zero-order chi connectivity index (χ0) is 13.1. The Morgan fingerprint density at radius 2 is 2.22 bits per heavy atom.